The molecule has 8 heteroatoms. The summed E-state index contributed by atoms with van der Waals surface area (Å²) in [5.41, 5.74) is 0.931. The van der Waals surface area contributed by atoms with E-state index in [1.165, 1.54) is 7.11 Å². The van der Waals surface area contributed by atoms with Gasteiger partial charge in [0.25, 0.3) is 0 Å². The van der Waals surface area contributed by atoms with Crippen molar-refractivity contribution in [2.24, 2.45) is 0 Å². The average Bonchev–Trinajstić information content (AvgIpc) is 2.54. The highest BCUT2D eigenvalue weighted by molar-refractivity contribution is 9.10. The number of hydrogen-bond acceptors (Lipinski definition) is 4. The number of halogens is 1. The Morgan fingerprint density at radius 3 is 2.54 bits per heavy atom. The molecule has 6 nitrogen and oxygen atoms in total. The Morgan fingerprint density at radius 2 is 1.92 bits per heavy atom. The molecule has 2 aromatic rings. The highest BCUT2D eigenvalue weighted by Gasteiger charge is 2.21. The van der Waals surface area contributed by atoms with E-state index in [0.29, 0.717) is 21.6 Å². The van der Waals surface area contributed by atoms with Crippen molar-refractivity contribution in [3.05, 3.63) is 53.0 Å². The lowest BCUT2D eigenvalue weighted by Crippen LogP contribution is -2.37. The molecule has 0 aliphatic carbocycles. The molecule has 0 unspecified atom stereocenters. The quantitative estimate of drug-likeness (QED) is 0.791. The lowest BCUT2D eigenvalue weighted by Gasteiger charge is -2.22. The van der Waals surface area contributed by atoms with E-state index < -0.39 is 15.9 Å². The predicted molar refractivity (Wildman–Crippen MR) is 98.0 cm³/mol. The molecule has 0 spiro atoms. The van der Waals surface area contributed by atoms with Crippen LogP contribution >= 0.6 is 15.9 Å². The van der Waals surface area contributed by atoms with Gasteiger partial charge in [-0.3, -0.25) is 9.10 Å². The van der Waals surface area contributed by atoms with Crippen molar-refractivity contribution in [1.29, 1.82) is 0 Å². The van der Waals surface area contributed by atoms with Crippen LogP contribution in [0.5, 0.6) is 5.75 Å². The number of rotatable bonds is 6. The normalized spacial score (nSPS) is 11.0. The van der Waals surface area contributed by atoms with Crippen molar-refractivity contribution in [3.63, 3.8) is 0 Å². The van der Waals surface area contributed by atoms with Gasteiger partial charge in [0.05, 0.1) is 24.7 Å². The van der Waals surface area contributed by atoms with Crippen molar-refractivity contribution in [2.75, 3.05) is 29.5 Å². The first-order valence-electron chi connectivity index (χ1n) is 6.97. The van der Waals surface area contributed by atoms with Crippen LogP contribution in [0.3, 0.4) is 0 Å². The Labute approximate surface area is 149 Å². The molecule has 0 saturated heterocycles. The molecule has 1 amide bonds. The molecular formula is C16H17BrN2O4S. The largest absolute Gasteiger partial charge is 0.497 e. The molecule has 0 radical (unpaired) electrons. The highest BCUT2D eigenvalue weighted by Crippen LogP contribution is 2.24. The fourth-order valence-corrected chi connectivity index (χ4v) is 3.28. The second kappa shape index (κ2) is 7.67. The maximum absolute atomic E-state index is 12.3. The number of benzene rings is 2. The molecule has 2 rings (SSSR count). The number of nitrogens with zero attached hydrogens (tertiary/aromatic N) is 1. The number of nitrogens with one attached hydrogen (secondary N) is 1. The Kier molecular flexibility index (Phi) is 5.84. The maximum Gasteiger partial charge on any atom is 0.245 e. The monoisotopic (exact) mass is 412 g/mol. The fourth-order valence-electron chi connectivity index (χ4n) is 2.05. The number of anilines is 2. The summed E-state index contributed by atoms with van der Waals surface area (Å²) in [4.78, 5) is 12.3. The molecule has 0 atom stereocenters. The van der Waals surface area contributed by atoms with E-state index >= 15 is 0 Å². The Bertz CT molecular complexity index is 839. The topological polar surface area (TPSA) is 75.7 Å². The van der Waals surface area contributed by atoms with Crippen LogP contribution in [0.2, 0.25) is 0 Å². The van der Waals surface area contributed by atoms with Gasteiger partial charge in [0.1, 0.15) is 12.3 Å². The molecule has 0 saturated carbocycles. The molecule has 0 heterocycles. The zero-order chi connectivity index (χ0) is 17.7. The van der Waals surface area contributed by atoms with Crippen LogP contribution in [-0.2, 0) is 14.8 Å². The number of sulfonamides is 1. The second-order valence-electron chi connectivity index (χ2n) is 5.00. The van der Waals surface area contributed by atoms with Crippen LogP contribution in [0, 0.1) is 0 Å². The van der Waals surface area contributed by atoms with E-state index in [9.17, 15) is 13.2 Å². The van der Waals surface area contributed by atoms with Crippen molar-refractivity contribution >= 4 is 43.2 Å². The summed E-state index contributed by atoms with van der Waals surface area (Å²) >= 11 is 3.33. The van der Waals surface area contributed by atoms with Crippen molar-refractivity contribution in [1.82, 2.24) is 0 Å². The summed E-state index contributed by atoms with van der Waals surface area (Å²) in [6, 6.07) is 13.6. The van der Waals surface area contributed by atoms with E-state index in [4.69, 9.17) is 4.74 Å². The summed E-state index contributed by atoms with van der Waals surface area (Å²) in [5.74, 6) is 0.0579. The zero-order valence-electron chi connectivity index (χ0n) is 13.2. The first-order chi connectivity index (χ1) is 11.3. The number of methoxy groups -OCH3 is 1. The van der Waals surface area contributed by atoms with Crippen LogP contribution < -0.4 is 14.4 Å². The van der Waals surface area contributed by atoms with Crippen molar-refractivity contribution in [2.45, 2.75) is 0 Å². The number of carbonyl (C=O) groups is 1. The maximum atomic E-state index is 12.3. The third kappa shape index (κ3) is 4.72. The third-order valence-electron chi connectivity index (χ3n) is 3.18. The van der Waals surface area contributed by atoms with Crippen LogP contribution in [-0.4, -0.2) is 34.2 Å². The first-order valence-corrected chi connectivity index (χ1v) is 9.61. The van der Waals surface area contributed by atoms with Crippen LogP contribution in [0.25, 0.3) is 0 Å². The van der Waals surface area contributed by atoms with Crippen LogP contribution in [0.4, 0.5) is 11.4 Å². The third-order valence-corrected chi connectivity index (χ3v) is 5.01. The van der Waals surface area contributed by atoms with Gasteiger partial charge in [-0.25, -0.2) is 8.42 Å². The summed E-state index contributed by atoms with van der Waals surface area (Å²) in [7, 11) is -2.15. The minimum absolute atomic E-state index is 0.340. The number of ether oxygens (including phenoxy) is 1. The standard InChI is InChI=1S/C16H17BrN2O4S/c1-23-13-7-5-6-12(10-13)19(24(2,21)22)11-16(20)18-15-9-4-3-8-14(15)17/h3-10H,11H2,1-2H3,(H,18,20). The van der Waals surface area contributed by atoms with Gasteiger partial charge in [0, 0.05) is 10.5 Å². The summed E-state index contributed by atoms with van der Waals surface area (Å²) in [6.07, 6.45) is 1.05. The van der Waals surface area contributed by atoms with Crippen molar-refractivity contribution < 1.29 is 17.9 Å². The van der Waals surface area contributed by atoms with Gasteiger partial charge in [-0.15, -0.1) is 0 Å². The minimum Gasteiger partial charge on any atom is -0.497 e. The number of carbonyl (C=O) groups excluding carboxylic acids is 1. The zero-order valence-corrected chi connectivity index (χ0v) is 15.6. The second-order valence-corrected chi connectivity index (χ2v) is 7.76. The van der Waals surface area contributed by atoms with Gasteiger partial charge >= 0.3 is 0 Å². The van der Waals surface area contributed by atoms with E-state index in [1.54, 1.807) is 42.5 Å². The number of para-hydroxylation sites is 1. The predicted octanol–water partition coefficient (Wildman–Crippen LogP) is 2.86. The minimum atomic E-state index is -3.64. The Balaban J connectivity index is 2.23. The van der Waals surface area contributed by atoms with Gasteiger partial charge in [-0.05, 0) is 40.2 Å². The summed E-state index contributed by atoms with van der Waals surface area (Å²) < 4.78 is 31.0. The lowest BCUT2D eigenvalue weighted by molar-refractivity contribution is -0.114. The van der Waals surface area contributed by atoms with Gasteiger partial charge in [-0.1, -0.05) is 18.2 Å². The molecule has 0 aromatic heterocycles. The molecule has 24 heavy (non-hydrogen) atoms. The average molecular weight is 413 g/mol. The van der Waals surface area contributed by atoms with E-state index in [0.717, 1.165) is 10.6 Å². The number of amides is 1. The summed E-state index contributed by atoms with van der Waals surface area (Å²) in [6.45, 7) is -0.340. The smallest absolute Gasteiger partial charge is 0.245 e. The van der Waals surface area contributed by atoms with E-state index in [-0.39, 0.29) is 6.54 Å². The van der Waals surface area contributed by atoms with Gasteiger partial charge < -0.3 is 10.1 Å². The van der Waals surface area contributed by atoms with Crippen LogP contribution in [0.1, 0.15) is 0 Å². The highest BCUT2D eigenvalue weighted by atomic mass is 79.9. The molecule has 0 aliphatic heterocycles. The van der Waals surface area contributed by atoms with Gasteiger partial charge in [0.2, 0.25) is 15.9 Å². The summed E-state index contributed by atoms with van der Waals surface area (Å²) in [5, 5.41) is 2.69. The first kappa shape index (κ1) is 18.3. The molecule has 1 N–H and O–H groups in total. The lowest BCUT2D eigenvalue weighted by atomic mass is 10.3. The Morgan fingerprint density at radius 1 is 1.21 bits per heavy atom. The number of hydrogen-bond donors (Lipinski definition) is 1. The van der Waals surface area contributed by atoms with E-state index in [2.05, 4.69) is 21.2 Å². The Hall–Kier alpha value is -2.06. The van der Waals surface area contributed by atoms with E-state index in [1.807, 2.05) is 6.07 Å². The van der Waals surface area contributed by atoms with Gasteiger partial charge in [0.15, 0.2) is 0 Å². The SMILES string of the molecule is COc1cccc(N(CC(=O)Nc2ccccc2Br)S(C)(=O)=O)c1. The molecule has 0 fully saturated rings. The molecule has 0 aliphatic rings. The molecule has 0 bridgehead atoms. The fraction of sp³-hybridized carbons (Fsp3) is 0.188. The molecular weight excluding hydrogens is 396 g/mol. The molecule has 2 aromatic carbocycles. The van der Waals surface area contributed by atoms with Crippen LogP contribution in [0.15, 0.2) is 53.0 Å². The van der Waals surface area contributed by atoms with Gasteiger partial charge in [-0.2, -0.15) is 0 Å². The molecule has 128 valence electrons. The van der Waals surface area contributed by atoms with Crippen molar-refractivity contribution in [3.8, 4) is 5.75 Å².